The average Bonchev–Trinajstić information content (AvgIpc) is 2.47. The summed E-state index contributed by atoms with van der Waals surface area (Å²) in [7, 11) is 3.07. The van der Waals surface area contributed by atoms with Gasteiger partial charge in [-0.3, -0.25) is 4.79 Å². The van der Waals surface area contributed by atoms with Gasteiger partial charge in [0.05, 0.1) is 11.7 Å². The third-order valence-corrected chi connectivity index (χ3v) is 3.48. The Kier molecular flexibility index (Phi) is 8.82. The number of nitrogens with one attached hydrogen (secondary N) is 1. The molecule has 0 saturated heterocycles. The van der Waals surface area contributed by atoms with Crippen molar-refractivity contribution in [2.75, 3.05) is 20.7 Å². The predicted octanol–water partition coefficient (Wildman–Crippen LogP) is 3.63. The minimum absolute atomic E-state index is 0.0705. The summed E-state index contributed by atoms with van der Waals surface area (Å²) in [5, 5.41) is 2.35. The summed E-state index contributed by atoms with van der Waals surface area (Å²) in [5.74, 6) is -0.753. The fourth-order valence-electron chi connectivity index (χ4n) is 1.68. The quantitative estimate of drug-likeness (QED) is 0.647. The van der Waals surface area contributed by atoms with E-state index in [2.05, 4.69) is 18.5 Å². The highest BCUT2D eigenvalue weighted by Gasteiger charge is 2.36. The molecule has 1 atom stereocenters. The summed E-state index contributed by atoms with van der Waals surface area (Å²) in [5.41, 5.74) is -1.25. The zero-order chi connectivity index (χ0) is 19.1. The Morgan fingerprint density at radius 2 is 1.83 bits per heavy atom. The fraction of sp³-hybridized carbons (Fsp3) is 0.588. The van der Waals surface area contributed by atoms with Crippen LogP contribution in [0.2, 0.25) is 0 Å². The highest BCUT2D eigenvalue weighted by Crippen LogP contribution is 2.32. The van der Waals surface area contributed by atoms with Crippen molar-refractivity contribution in [2.45, 2.75) is 39.5 Å². The van der Waals surface area contributed by atoms with Gasteiger partial charge in [-0.1, -0.05) is 27.0 Å². The van der Waals surface area contributed by atoms with Crippen LogP contribution in [0.1, 0.15) is 27.2 Å². The summed E-state index contributed by atoms with van der Waals surface area (Å²) in [4.78, 5) is 13.0. The summed E-state index contributed by atoms with van der Waals surface area (Å²) in [6.45, 7) is 12.5. The van der Waals surface area contributed by atoms with Crippen LogP contribution in [0.3, 0.4) is 0 Å². The standard InChI is InChI=1S/C17H27F3N2O2/c1-11(2)16(23)21-12(3)10-15(17(18,19)20)14(5)22(6)9-8-13(4)24-7/h10-11,13H,3,5,8-9H2,1-2,4,6-7H3,(H,21,23)/b15-10+. The molecule has 0 aromatic rings. The van der Waals surface area contributed by atoms with Crippen LogP contribution in [0.25, 0.3) is 0 Å². The van der Waals surface area contributed by atoms with Gasteiger partial charge in [-0.15, -0.1) is 0 Å². The van der Waals surface area contributed by atoms with Gasteiger partial charge in [0.25, 0.3) is 0 Å². The number of alkyl halides is 3. The molecule has 0 heterocycles. The monoisotopic (exact) mass is 348 g/mol. The number of nitrogens with zero attached hydrogens (tertiary/aromatic N) is 1. The second-order valence-corrected chi connectivity index (χ2v) is 5.93. The molecule has 0 aromatic carbocycles. The molecule has 7 heteroatoms. The third-order valence-electron chi connectivity index (χ3n) is 3.48. The molecule has 0 fully saturated rings. The van der Waals surface area contributed by atoms with Gasteiger partial charge in [-0.25, -0.2) is 0 Å². The van der Waals surface area contributed by atoms with Gasteiger partial charge in [0, 0.05) is 38.0 Å². The molecule has 24 heavy (non-hydrogen) atoms. The topological polar surface area (TPSA) is 41.6 Å². The molecular weight excluding hydrogens is 321 g/mol. The Balaban J connectivity index is 5.19. The molecule has 0 bridgehead atoms. The molecule has 1 amide bonds. The first kappa shape index (κ1) is 22.2. The minimum atomic E-state index is -4.61. The highest BCUT2D eigenvalue weighted by atomic mass is 19.4. The van der Waals surface area contributed by atoms with E-state index in [9.17, 15) is 18.0 Å². The van der Waals surface area contributed by atoms with E-state index in [0.29, 0.717) is 13.0 Å². The second kappa shape index (κ2) is 9.52. The van der Waals surface area contributed by atoms with E-state index in [4.69, 9.17) is 4.74 Å². The Hall–Kier alpha value is -1.76. The van der Waals surface area contributed by atoms with E-state index >= 15 is 0 Å². The molecule has 0 aliphatic heterocycles. The van der Waals surface area contributed by atoms with Gasteiger partial charge >= 0.3 is 6.18 Å². The lowest BCUT2D eigenvalue weighted by Crippen LogP contribution is -2.29. The molecule has 0 rings (SSSR count). The summed E-state index contributed by atoms with van der Waals surface area (Å²) < 4.78 is 45.0. The first-order chi connectivity index (χ1) is 10.9. The van der Waals surface area contributed by atoms with Crippen LogP contribution in [-0.2, 0) is 9.53 Å². The Morgan fingerprint density at radius 3 is 2.25 bits per heavy atom. The third kappa shape index (κ3) is 7.68. The average molecular weight is 348 g/mol. The van der Waals surface area contributed by atoms with Crippen LogP contribution in [0, 0.1) is 5.92 Å². The molecule has 0 spiro atoms. The normalized spacial score (nSPS) is 13.6. The number of amides is 1. The molecule has 0 saturated carbocycles. The molecule has 138 valence electrons. The molecule has 1 N–H and O–H groups in total. The number of methoxy groups -OCH3 is 1. The van der Waals surface area contributed by atoms with Gasteiger partial charge in [-0.05, 0) is 19.4 Å². The maximum absolute atomic E-state index is 13.3. The molecule has 0 aliphatic carbocycles. The van der Waals surface area contributed by atoms with Gasteiger partial charge in [0.2, 0.25) is 5.91 Å². The minimum Gasteiger partial charge on any atom is -0.382 e. The number of carbonyl (C=O) groups excluding carboxylic acids is 1. The van der Waals surface area contributed by atoms with Crippen molar-refractivity contribution in [1.29, 1.82) is 0 Å². The maximum atomic E-state index is 13.3. The van der Waals surface area contributed by atoms with E-state index in [-0.39, 0.29) is 23.4 Å². The number of allylic oxidation sites excluding steroid dienone is 2. The van der Waals surface area contributed by atoms with Crippen molar-refractivity contribution in [2.24, 2.45) is 5.92 Å². The first-order valence-electron chi connectivity index (χ1n) is 7.62. The van der Waals surface area contributed by atoms with Gasteiger partial charge in [0.15, 0.2) is 0 Å². The Labute approximate surface area is 142 Å². The maximum Gasteiger partial charge on any atom is 0.418 e. The number of ether oxygens (including phenoxy) is 1. The van der Waals surface area contributed by atoms with Crippen LogP contribution in [0.5, 0.6) is 0 Å². The van der Waals surface area contributed by atoms with E-state index in [0.717, 1.165) is 6.08 Å². The molecule has 0 aliphatic rings. The lowest BCUT2D eigenvalue weighted by Gasteiger charge is -2.26. The molecule has 0 radical (unpaired) electrons. The Morgan fingerprint density at radius 1 is 1.29 bits per heavy atom. The van der Waals surface area contributed by atoms with Crippen LogP contribution < -0.4 is 5.32 Å². The second-order valence-electron chi connectivity index (χ2n) is 5.93. The van der Waals surface area contributed by atoms with E-state index in [1.807, 2.05) is 6.92 Å². The van der Waals surface area contributed by atoms with Crippen LogP contribution in [-0.4, -0.2) is 43.8 Å². The van der Waals surface area contributed by atoms with E-state index in [1.165, 1.54) is 11.9 Å². The zero-order valence-electron chi connectivity index (χ0n) is 15.0. The summed E-state index contributed by atoms with van der Waals surface area (Å²) in [6.07, 6.45) is -3.32. The van der Waals surface area contributed by atoms with Crippen LogP contribution >= 0.6 is 0 Å². The number of hydrogen-bond acceptors (Lipinski definition) is 3. The lowest BCUT2D eigenvalue weighted by atomic mass is 10.1. The van der Waals surface area contributed by atoms with Gasteiger partial charge in [-0.2, -0.15) is 13.2 Å². The van der Waals surface area contributed by atoms with E-state index < -0.39 is 17.7 Å². The highest BCUT2D eigenvalue weighted by molar-refractivity contribution is 5.80. The van der Waals surface area contributed by atoms with Crippen LogP contribution in [0.15, 0.2) is 36.2 Å². The summed E-state index contributed by atoms with van der Waals surface area (Å²) >= 11 is 0. The Bertz CT molecular complexity index is 497. The van der Waals surface area contributed by atoms with E-state index in [1.54, 1.807) is 21.0 Å². The number of likely N-dealkylation sites (N-methyl/N-ethyl adjacent to an activating group) is 1. The number of rotatable bonds is 9. The predicted molar refractivity (Wildman–Crippen MR) is 89.1 cm³/mol. The lowest BCUT2D eigenvalue weighted by molar-refractivity contribution is -0.123. The smallest absolute Gasteiger partial charge is 0.382 e. The van der Waals surface area contributed by atoms with Crippen molar-refractivity contribution in [1.82, 2.24) is 10.2 Å². The molecule has 1 unspecified atom stereocenters. The van der Waals surface area contributed by atoms with Crippen molar-refractivity contribution in [3.05, 3.63) is 36.2 Å². The number of hydrogen-bond donors (Lipinski definition) is 1. The first-order valence-corrected chi connectivity index (χ1v) is 7.62. The number of carbonyl (C=O) groups is 1. The molecule has 4 nitrogen and oxygen atoms in total. The van der Waals surface area contributed by atoms with Gasteiger partial charge < -0.3 is 15.0 Å². The van der Waals surface area contributed by atoms with Crippen molar-refractivity contribution >= 4 is 5.91 Å². The summed E-state index contributed by atoms with van der Waals surface area (Å²) in [6, 6.07) is 0. The fourth-order valence-corrected chi connectivity index (χ4v) is 1.68. The molecule has 0 aromatic heterocycles. The van der Waals surface area contributed by atoms with Gasteiger partial charge in [0.1, 0.15) is 0 Å². The number of halogens is 3. The van der Waals surface area contributed by atoms with Crippen LogP contribution in [0.4, 0.5) is 13.2 Å². The zero-order valence-corrected chi connectivity index (χ0v) is 15.0. The van der Waals surface area contributed by atoms with Crippen molar-refractivity contribution < 1.29 is 22.7 Å². The van der Waals surface area contributed by atoms with Crippen molar-refractivity contribution in [3.8, 4) is 0 Å². The molecular formula is C17H27F3N2O2. The largest absolute Gasteiger partial charge is 0.418 e. The van der Waals surface area contributed by atoms with Crippen molar-refractivity contribution in [3.63, 3.8) is 0 Å². The SMILES string of the molecule is C=C(/C=C(\C(=C)N(C)CCC(C)OC)C(F)(F)F)NC(=O)C(C)C.